The van der Waals surface area contributed by atoms with Gasteiger partial charge in [0, 0.05) is 11.1 Å². The van der Waals surface area contributed by atoms with Gasteiger partial charge >= 0.3 is 0 Å². The van der Waals surface area contributed by atoms with Gasteiger partial charge in [0.15, 0.2) is 0 Å². The summed E-state index contributed by atoms with van der Waals surface area (Å²) in [6.07, 6.45) is 0. The second-order valence-electron chi connectivity index (χ2n) is 2.84. The molecule has 0 unspecified atom stereocenters. The highest BCUT2D eigenvalue weighted by molar-refractivity contribution is 5.82. The van der Waals surface area contributed by atoms with Crippen LogP contribution in [0.4, 0.5) is 17.1 Å². The van der Waals surface area contributed by atoms with E-state index < -0.39 is 0 Å². The molecule has 1 rings (SSSR count). The molecular formula is C8H13N3O. The Hall–Kier alpha value is -1.58. The Morgan fingerprint density at radius 2 is 1.25 bits per heavy atom. The Kier molecular flexibility index (Phi) is 1.76. The highest BCUT2D eigenvalue weighted by atomic mass is 16.3. The minimum absolute atomic E-state index is 0.0270. The zero-order valence-electron chi connectivity index (χ0n) is 7.18. The summed E-state index contributed by atoms with van der Waals surface area (Å²) in [5.41, 5.74) is 19.1. The van der Waals surface area contributed by atoms with Gasteiger partial charge in [-0.25, -0.2) is 0 Å². The van der Waals surface area contributed by atoms with E-state index in [1.165, 1.54) is 0 Å². The van der Waals surface area contributed by atoms with Crippen LogP contribution in [-0.2, 0) is 0 Å². The number of anilines is 3. The van der Waals surface area contributed by atoms with Crippen molar-refractivity contribution in [2.75, 3.05) is 17.2 Å². The molecular weight excluding hydrogens is 154 g/mol. The van der Waals surface area contributed by atoms with Crippen molar-refractivity contribution in [2.24, 2.45) is 0 Å². The normalized spacial score (nSPS) is 10.2. The van der Waals surface area contributed by atoms with Crippen molar-refractivity contribution in [1.29, 1.82) is 0 Å². The fourth-order valence-electron chi connectivity index (χ4n) is 1.06. The zero-order chi connectivity index (χ0) is 9.46. The van der Waals surface area contributed by atoms with Crippen molar-refractivity contribution in [1.82, 2.24) is 0 Å². The van der Waals surface area contributed by atoms with Gasteiger partial charge in [-0.2, -0.15) is 0 Å². The number of rotatable bonds is 0. The lowest BCUT2D eigenvalue weighted by molar-refractivity contribution is 0.474. The van der Waals surface area contributed by atoms with Crippen LogP contribution in [0.15, 0.2) is 0 Å². The van der Waals surface area contributed by atoms with Gasteiger partial charge in [-0.3, -0.25) is 0 Å². The standard InChI is InChI=1S/C8H13N3O/c1-3-5(9)6(10)4(2)8(12)7(3)11/h12H,9-11H2,1-2H3. The second kappa shape index (κ2) is 2.48. The summed E-state index contributed by atoms with van der Waals surface area (Å²) in [5, 5.41) is 9.43. The molecule has 0 spiro atoms. The summed E-state index contributed by atoms with van der Waals surface area (Å²) in [4.78, 5) is 0. The van der Waals surface area contributed by atoms with E-state index in [1.807, 2.05) is 0 Å². The van der Waals surface area contributed by atoms with Crippen molar-refractivity contribution in [3.05, 3.63) is 11.1 Å². The van der Waals surface area contributed by atoms with Gasteiger partial charge < -0.3 is 22.3 Å². The Bertz CT molecular complexity index is 229. The van der Waals surface area contributed by atoms with E-state index in [9.17, 15) is 5.11 Å². The van der Waals surface area contributed by atoms with E-state index >= 15 is 0 Å². The van der Waals surface area contributed by atoms with E-state index in [-0.39, 0.29) is 5.75 Å². The number of phenolic OH excluding ortho intramolecular Hbond substituents is 1. The lowest BCUT2D eigenvalue weighted by Crippen LogP contribution is -2.03. The van der Waals surface area contributed by atoms with E-state index in [0.717, 1.165) is 0 Å². The molecule has 0 heterocycles. The Balaban J connectivity index is 3.60. The van der Waals surface area contributed by atoms with Gasteiger partial charge in [0.2, 0.25) is 0 Å². The summed E-state index contributed by atoms with van der Waals surface area (Å²) in [7, 11) is 0. The van der Waals surface area contributed by atoms with Crippen molar-refractivity contribution < 1.29 is 5.11 Å². The van der Waals surface area contributed by atoms with Crippen LogP contribution in [0, 0.1) is 13.8 Å². The smallest absolute Gasteiger partial charge is 0.143 e. The molecule has 7 N–H and O–H groups in total. The largest absolute Gasteiger partial charge is 0.505 e. The monoisotopic (exact) mass is 167 g/mol. The number of hydrogen-bond acceptors (Lipinski definition) is 4. The van der Waals surface area contributed by atoms with Crippen LogP contribution in [0.3, 0.4) is 0 Å². The number of nitrogens with two attached hydrogens (primary N) is 3. The van der Waals surface area contributed by atoms with Gasteiger partial charge in [0.05, 0.1) is 17.1 Å². The maximum Gasteiger partial charge on any atom is 0.143 e. The molecule has 0 saturated heterocycles. The van der Waals surface area contributed by atoms with Crippen LogP contribution in [0.1, 0.15) is 11.1 Å². The van der Waals surface area contributed by atoms with E-state index in [0.29, 0.717) is 28.2 Å². The summed E-state index contributed by atoms with van der Waals surface area (Å²) in [6.45, 7) is 3.40. The highest BCUT2D eigenvalue weighted by Crippen LogP contribution is 2.37. The first-order chi connectivity index (χ1) is 5.46. The van der Waals surface area contributed by atoms with Crippen molar-refractivity contribution in [3.63, 3.8) is 0 Å². The molecule has 0 bridgehead atoms. The number of phenols is 1. The first-order valence-electron chi connectivity index (χ1n) is 3.59. The van der Waals surface area contributed by atoms with E-state index in [4.69, 9.17) is 17.2 Å². The molecule has 0 saturated carbocycles. The van der Waals surface area contributed by atoms with E-state index in [1.54, 1.807) is 13.8 Å². The lowest BCUT2D eigenvalue weighted by atomic mass is 10.0. The van der Waals surface area contributed by atoms with Gasteiger partial charge in [0.1, 0.15) is 5.75 Å². The maximum atomic E-state index is 9.43. The zero-order valence-corrected chi connectivity index (χ0v) is 7.18. The summed E-state index contributed by atoms with van der Waals surface area (Å²) in [6, 6.07) is 0. The van der Waals surface area contributed by atoms with Crippen LogP contribution in [0.25, 0.3) is 0 Å². The van der Waals surface area contributed by atoms with Crippen LogP contribution in [-0.4, -0.2) is 5.11 Å². The summed E-state index contributed by atoms with van der Waals surface area (Å²) < 4.78 is 0. The molecule has 4 heteroatoms. The molecule has 12 heavy (non-hydrogen) atoms. The average Bonchev–Trinajstić information content (AvgIpc) is 2.08. The quantitative estimate of drug-likeness (QED) is 0.260. The third-order valence-corrected chi connectivity index (χ3v) is 2.11. The minimum Gasteiger partial charge on any atom is -0.505 e. The van der Waals surface area contributed by atoms with Gasteiger partial charge in [0.25, 0.3) is 0 Å². The molecule has 0 atom stereocenters. The van der Waals surface area contributed by atoms with Crippen molar-refractivity contribution in [2.45, 2.75) is 13.8 Å². The minimum atomic E-state index is 0.0270. The molecule has 0 aromatic heterocycles. The molecule has 0 fully saturated rings. The molecule has 1 aromatic carbocycles. The van der Waals surface area contributed by atoms with Crippen molar-refractivity contribution >= 4 is 17.1 Å². The Labute approximate surface area is 71.0 Å². The third kappa shape index (κ3) is 0.922. The number of aromatic hydroxyl groups is 1. The van der Waals surface area contributed by atoms with Crippen LogP contribution in [0.2, 0.25) is 0 Å². The van der Waals surface area contributed by atoms with Crippen molar-refractivity contribution in [3.8, 4) is 5.75 Å². The van der Waals surface area contributed by atoms with Gasteiger partial charge in [-0.05, 0) is 13.8 Å². The Morgan fingerprint density at radius 1 is 0.833 bits per heavy atom. The number of benzene rings is 1. The fraction of sp³-hybridized carbons (Fsp3) is 0.250. The van der Waals surface area contributed by atoms with Crippen LogP contribution in [0.5, 0.6) is 5.75 Å². The predicted octanol–water partition coefficient (Wildman–Crippen LogP) is 0.756. The fourth-order valence-corrected chi connectivity index (χ4v) is 1.06. The predicted molar refractivity (Wildman–Crippen MR) is 50.8 cm³/mol. The first kappa shape index (κ1) is 8.52. The van der Waals surface area contributed by atoms with E-state index in [2.05, 4.69) is 0 Å². The molecule has 66 valence electrons. The average molecular weight is 167 g/mol. The molecule has 0 radical (unpaired) electrons. The lowest BCUT2D eigenvalue weighted by Gasteiger charge is -2.12. The summed E-state index contributed by atoms with van der Waals surface area (Å²) in [5.74, 6) is 0.0270. The third-order valence-electron chi connectivity index (χ3n) is 2.11. The van der Waals surface area contributed by atoms with Gasteiger partial charge in [-0.15, -0.1) is 0 Å². The first-order valence-corrected chi connectivity index (χ1v) is 3.59. The molecule has 0 amide bonds. The molecule has 1 aromatic rings. The maximum absolute atomic E-state index is 9.43. The molecule has 4 nitrogen and oxygen atoms in total. The molecule has 0 aliphatic heterocycles. The summed E-state index contributed by atoms with van der Waals surface area (Å²) >= 11 is 0. The van der Waals surface area contributed by atoms with Crippen LogP contribution < -0.4 is 17.2 Å². The topological polar surface area (TPSA) is 98.3 Å². The molecule has 0 aliphatic rings. The molecule has 0 aliphatic carbocycles. The van der Waals surface area contributed by atoms with Crippen LogP contribution >= 0.6 is 0 Å². The highest BCUT2D eigenvalue weighted by Gasteiger charge is 2.12. The SMILES string of the molecule is Cc1c(N)c(N)c(C)c(O)c1N. The Morgan fingerprint density at radius 3 is 1.75 bits per heavy atom. The number of hydrogen-bond donors (Lipinski definition) is 4. The number of nitrogen functional groups attached to an aromatic ring is 3. The second-order valence-corrected chi connectivity index (χ2v) is 2.84. The van der Waals surface area contributed by atoms with Gasteiger partial charge in [-0.1, -0.05) is 0 Å².